The first-order chi connectivity index (χ1) is 6.85. The third-order valence-electron chi connectivity index (χ3n) is 2.78. The summed E-state index contributed by atoms with van der Waals surface area (Å²) in [7, 11) is 1.72. The maximum atomic E-state index is 5.24. The van der Waals surface area contributed by atoms with Gasteiger partial charge in [0.25, 0.3) is 0 Å². The predicted octanol–water partition coefficient (Wildman–Crippen LogP) is 2.63. The summed E-state index contributed by atoms with van der Waals surface area (Å²) in [6, 6.07) is 6.39. The number of nitrogens with zero attached hydrogens (tertiary/aromatic N) is 1. The van der Waals surface area contributed by atoms with Gasteiger partial charge < -0.3 is 15.8 Å². The lowest BCUT2D eigenvalue weighted by molar-refractivity contribution is 0.415. The van der Waals surface area contributed by atoms with Crippen LogP contribution in [0.5, 0.6) is 5.75 Å². The summed E-state index contributed by atoms with van der Waals surface area (Å²) < 4.78 is 5.24. The first-order valence-electron chi connectivity index (χ1n) is 5.27. The Morgan fingerprint density at radius 1 is 1.40 bits per heavy atom. The van der Waals surface area contributed by atoms with Crippen LogP contribution in [0.25, 0.3) is 0 Å². The molecule has 2 rings (SSSR count). The Labute approximate surface area is 91.6 Å². The maximum absolute atomic E-state index is 5.24. The van der Waals surface area contributed by atoms with Gasteiger partial charge in [-0.25, -0.2) is 0 Å². The van der Waals surface area contributed by atoms with Crippen molar-refractivity contribution < 1.29 is 4.74 Å². The molecule has 3 heteroatoms. The highest BCUT2D eigenvalue weighted by Crippen LogP contribution is 2.31. The minimum Gasteiger partial charge on any atom is -0.497 e. The minimum absolute atomic E-state index is 0. The van der Waals surface area contributed by atoms with Crippen LogP contribution in [0, 0.1) is 0 Å². The predicted molar refractivity (Wildman–Crippen MR) is 64.2 cm³/mol. The SMILES string of the molecule is CCCN1CCc2ccc(OC)cc21.N. The molecule has 0 atom stereocenters. The highest BCUT2D eigenvalue weighted by molar-refractivity contribution is 5.60. The van der Waals surface area contributed by atoms with Gasteiger partial charge in [0.1, 0.15) is 5.75 Å². The van der Waals surface area contributed by atoms with Crippen molar-refractivity contribution in [1.82, 2.24) is 6.15 Å². The second-order valence-electron chi connectivity index (χ2n) is 3.73. The number of hydrogen-bond donors (Lipinski definition) is 1. The Hall–Kier alpha value is -1.22. The Balaban J connectivity index is 0.00000112. The van der Waals surface area contributed by atoms with Gasteiger partial charge in [-0.3, -0.25) is 0 Å². The zero-order chi connectivity index (χ0) is 9.97. The van der Waals surface area contributed by atoms with Crippen molar-refractivity contribution in [3.8, 4) is 5.75 Å². The van der Waals surface area contributed by atoms with Crippen LogP contribution in [0.1, 0.15) is 18.9 Å². The van der Waals surface area contributed by atoms with Crippen molar-refractivity contribution in [2.45, 2.75) is 19.8 Å². The van der Waals surface area contributed by atoms with Crippen molar-refractivity contribution in [2.75, 3.05) is 25.1 Å². The number of ether oxygens (including phenoxy) is 1. The fourth-order valence-electron chi connectivity index (χ4n) is 2.05. The molecule has 0 spiro atoms. The van der Waals surface area contributed by atoms with Gasteiger partial charge in [-0.1, -0.05) is 13.0 Å². The maximum Gasteiger partial charge on any atom is 0.120 e. The van der Waals surface area contributed by atoms with E-state index >= 15 is 0 Å². The molecule has 0 saturated heterocycles. The lowest BCUT2D eigenvalue weighted by Gasteiger charge is -2.18. The van der Waals surface area contributed by atoms with E-state index in [0.717, 1.165) is 18.8 Å². The van der Waals surface area contributed by atoms with Gasteiger partial charge in [0.2, 0.25) is 0 Å². The molecule has 15 heavy (non-hydrogen) atoms. The van der Waals surface area contributed by atoms with Gasteiger partial charge in [0.15, 0.2) is 0 Å². The van der Waals surface area contributed by atoms with E-state index in [1.807, 2.05) is 6.07 Å². The number of benzene rings is 1. The second kappa shape index (κ2) is 5.03. The van der Waals surface area contributed by atoms with E-state index in [-0.39, 0.29) is 6.15 Å². The zero-order valence-electron chi connectivity index (χ0n) is 9.62. The van der Waals surface area contributed by atoms with E-state index < -0.39 is 0 Å². The first kappa shape index (κ1) is 11.9. The molecule has 3 nitrogen and oxygen atoms in total. The van der Waals surface area contributed by atoms with E-state index in [4.69, 9.17) is 4.74 Å². The van der Waals surface area contributed by atoms with Gasteiger partial charge >= 0.3 is 0 Å². The molecule has 1 aliphatic heterocycles. The Morgan fingerprint density at radius 2 is 2.20 bits per heavy atom. The van der Waals surface area contributed by atoms with Gasteiger partial charge in [-0.15, -0.1) is 0 Å². The fraction of sp³-hybridized carbons (Fsp3) is 0.500. The third kappa shape index (κ3) is 2.23. The van der Waals surface area contributed by atoms with Crippen LogP contribution < -0.4 is 15.8 Å². The second-order valence-corrected chi connectivity index (χ2v) is 3.73. The van der Waals surface area contributed by atoms with Crippen molar-refractivity contribution in [1.29, 1.82) is 0 Å². The highest BCUT2D eigenvalue weighted by Gasteiger charge is 2.18. The average molecular weight is 208 g/mol. The summed E-state index contributed by atoms with van der Waals surface area (Å²) in [5.41, 5.74) is 2.82. The molecule has 0 amide bonds. The monoisotopic (exact) mass is 208 g/mol. The van der Waals surface area contributed by atoms with Gasteiger partial charge in [0, 0.05) is 24.8 Å². The van der Waals surface area contributed by atoms with Crippen LogP contribution in [-0.2, 0) is 6.42 Å². The summed E-state index contributed by atoms with van der Waals surface area (Å²) >= 11 is 0. The lowest BCUT2D eigenvalue weighted by atomic mass is 10.1. The largest absolute Gasteiger partial charge is 0.497 e. The van der Waals surface area contributed by atoms with E-state index in [2.05, 4.69) is 24.0 Å². The van der Waals surface area contributed by atoms with Crippen molar-refractivity contribution in [3.05, 3.63) is 23.8 Å². The van der Waals surface area contributed by atoms with E-state index in [0.29, 0.717) is 0 Å². The van der Waals surface area contributed by atoms with Crippen molar-refractivity contribution in [3.63, 3.8) is 0 Å². The summed E-state index contributed by atoms with van der Waals surface area (Å²) in [4.78, 5) is 2.44. The normalized spacial score (nSPS) is 13.3. The summed E-state index contributed by atoms with van der Waals surface area (Å²) in [5, 5.41) is 0. The third-order valence-corrected chi connectivity index (χ3v) is 2.78. The highest BCUT2D eigenvalue weighted by atomic mass is 16.5. The molecule has 1 aliphatic rings. The topological polar surface area (TPSA) is 47.5 Å². The molecule has 0 fully saturated rings. The number of anilines is 1. The molecular weight excluding hydrogens is 188 g/mol. The lowest BCUT2D eigenvalue weighted by Crippen LogP contribution is -2.20. The van der Waals surface area contributed by atoms with Gasteiger partial charge in [0.05, 0.1) is 7.11 Å². The molecule has 0 radical (unpaired) electrons. The van der Waals surface area contributed by atoms with E-state index in [1.165, 1.54) is 24.1 Å². The number of hydrogen-bond acceptors (Lipinski definition) is 3. The molecule has 1 aromatic rings. The van der Waals surface area contributed by atoms with Gasteiger partial charge in [-0.05, 0) is 24.5 Å². The molecule has 0 unspecified atom stereocenters. The van der Waals surface area contributed by atoms with Crippen LogP contribution in [0.3, 0.4) is 0 Å². The van der Waals surface area contributed by atoms with Crippen molar-refractivity contribution in [2.24, 2.45) is 0 Å². The quantitative estimate of drug-likeness (QED) is 0.830. The van der Waals surface area contributed by atoms with Crippen LogP contribution in [0.15, 0.2) is 18.2 Å². The minimum atomic E-state index is 0. The standard InChI is InChI=1S/C12H17NO.H3N/c1-3-7-13-8-6-10-4-5-11(14-2)9-12(10)13;/h4-5,9H,3,6-8H2,1-2H3;1H3. The molecule has 84 valence electrons. The Morgan fingerprint density at radius 3 is 2.87 bits per heavy atom. The molecule has 3 N–H and O–H groups in total. The summed E-state index contributed by atoms with van der Waals surface area (Å²) in [6.45, 7) is 4.54. The average Bonchev–Trinajstić information content (AvgIpc) is 2.61. The Kier molecular flexibility index (Phi) is 3.97. The molecule has 1 heterocycles. The van der Waals surface area contributed by atoms with E-state index in [9.17, 15) is 0 Å². The zero-order valence-corrected chi connectivity index (χ0v) is 9.62. The fourth-order valence-corrected chi connectivity index (χ4v) is 2.05. The van der Waals surface area contributed by atoms with Crippen LogP contribution in [0.2, 0.25) is 0 Å². The number of methoxy groups -OCH3 is 1. The smallest absolute Gasteiger partial charge is 0.120 e. The van der Waals surface area contributed by atoms with Crippen LogP contribution in [0.4, 0.5) is 5.69 Å². The van der Waals surface area contributed by atoms with E-state index in [1.54, 1.807) is 7.11 Å². The van der Waals surface area contributed by atoms with Crippen LogP contribution >= 0.6 is 0 Å². The number of fused-ring (bicyclic) bond motifs is 1. The molecule has 1 aromatic carbocycles. The molecule has 0 aliphatic carbocycles. The molecule has 0 saturated carbocycles. The van der Waals surface area contributed by atoms with Crippen molar-refractivity contribution >= 4 is 5.69 Å². The Bertz CT molecular complexity index is 323. The first-order valence-corrected chi connectivity index (χ1v) is 5.27. The van der Waals surface area contributed by atoms with Gasteiger partial charge in [-0.2, -0.15) is 0 Å². The van der Waals surface area contributed by atoms with Crippen LogP contribution in [-0.4, -0.2) is 20.2 Å². The summed E-state index contributed by atoms with van der Waals surface area (Å²) in [6.07, 6.45) is 2.38. The molecular formula is C12H20N2O. The summed E-state index contributed by atoms with van der Waals surface area (Å²) in [5.74, 6) is 0.965. The molecule has 0 bridgehead atoms. The molecule has 0 aromatic heterocycles. The number of rotatable bonds is 3.